The van der Waals surface area contributed by atoms with Gasteiger partial charge in [-0.25, -0.2) is 0 Å². The molecule has 1 aromatic heterocycles. The maximum Gasteiger partial charge on any atom is 0.219 e. The first-order valence-corrected chi connectivity index (χ1v) is 9.26. The van der Waals surface area contributed by atoms with Crippen LogP contribution in [0.5, 0.6) is 0 Å². The summed E-state index contributed by atoms with van der Waals surface area (Å²) in [5.41, 5.74) is 0. The fourth-order valence-electron chi connectivity index (χ4n) is 3.55. The molecular formula is C17H29N7O. The lowest BCUT2D eigenvalue weighted by Gasteiger charge is -2.36. The van der Waals surface area contributed by atoms with Crippen molar-refractivity contribution in [1.29, 1.82) is 0 Å². The Kier molecular flexibility index (Phi) is 5.55. The molecule has 8 heteroatoms. The van der Waals surface area contributed by atoms with Crippen molar-refractivity contribution < 1.29 is 4.79 Å². The number of piperazine rings is 1. The second-order valence-corrected chi connectivity index (χ2v) is 6.87. The van der Waals surface area contributed by atoms with Crippen molar-refractivity contribution >= 4 is 11.9 Å². The molecule has 1 atom stereocenters. The summed E-state index contributed by atoms with van der Waals surface area (Å²) in [5.74, 6) is 3.75. The number of hydrogen-bond donors (Lipinski definition) is 1. The summed E-state index contributed by atoms with van der Waals surface area (Å²) in [7, 11) is 0. The van der Waals surface area contributed by atoms with Crippen LogP contribution in [0.15, 0.2) is 4.99 Å². The fourth-order valence-corrected chi connectivity index (χ4v) is 3.55. The third kappa shape index (κ3) is 4.11. The highest BCUT2D eigenvalue weighted by molar-refractivity contribution is 5.80. The second kappa shape index (κ2) is 7.84. The lowest BCUT2D eigenvalue weighted by atomic mass is 9.99. The van der Waals surface area contributed by atoms with Crippen LogP contribution in [-0.4, -0.2) is 75.7 Å². The molecule has 25 heavy (non-hydrogen) atoms. The van der Waals surface area contributed by atoms with Gasteiger partial charge in [-0.2, -0.15) is 0 Å². The number of nitrogens with one attached hydrogen (secondary N) is 1. The maximum atomic E-state index is 11.5. The minimum absolute atomic E-state index is 0.156. The van der Waals surface area contributed by atoms with Crippen molar-refractivity contribution in [2.24, 2.45) is 10.9 Å². The van der Waals surface area contributed by atoms with Crippen LogP contribution in [0.2, 0.25) is 0 Å². The average Bonchev–Trinajstić information content (AvgIpc) is 2.99. The van der Waals surface area contributed by atoms with Gasteiger partial charge in [0.05, 0.1) is 0 Å². The molecule has 2 aliphatic rings. The van der Waals surface area contributed by atoms with Crippen LogP contribution in [-0.2, 0) is 17.8 Å². The van der Waals surface area contributed by atoms with Crippen LogP contribution >= 0.6 is 0 Å². The lowest BCUT2D eigenvalue weighted by molar-refractivity contribution is -0.130. The van der Waals surface area contributed by atoms with E-state index in [-0.39, 0.29) is 5.91 Å². The Balaban J connectivity index is 1.59. The zero-order valence-electron chi connectivity index (χ0n) is 15.5. The summed E-state index contributed by atoms with van der Waals surface area (Å²) in [4.78, 5) is 20.5. The highest BCUT2D eigenvalue weighted by atomic mass is 16.2. The zero-order chi connectivity index (χ0) is 17.8. The van der Waals surface area contributed by atoms with Gasteiger partial charge < -0.3 is 19.7 Å². The van der Waals surface area contributed by atoms with Crippen LogP contribution in [0.3, 0.4) is 0 Å². The Labute approximate surface area is 149 Å². The standard InChI is InChI=1S/C17H29N7O/c1-4-18-17(23-9-7-22(8-10-23)14(3)25)19-11-15-5-6-16-21-20-13(2)24(16)12-15/h15H,4-12H2,1-3H3,(H,18,19). The largest absolute Gasteiger partial charge is 0.357 e. The van der Waals surface area contributed by atoms with Gasteiger partial charge in [-0.1, -0.05) is 0 Å². The number of aliphatic imine (C=N–C) groups is 1. The molecule has 1 unspecified atom stereocenters. The fraction of sp³-hybridized carbons (Fsp3) is 0.765. The second-order valence-electron chi connectivity index (χ2n) is 6.87. The summed E-state index contributed by atoms with van der Waals surface area (Å²) in [5, 5.41) is 11.8. The molecule has 1 aromatic rings. The molecule has 1 amide bonds. The SMILES string of the molecule is CCNC(=NCC1CCc2nnc(C)n2C1)N1CCN(C(C)=O)CC1. The predicted octanol–water partition coefficient (Wildman–Crippen LogP) is 0.279. The third-order valence-corrected chi connectivity index (χ3v) is 5.09. The van der Waals surface area contributed by atoms with Crippen molar-refractivity contribution in [3.63, 3.8) is 0 Å². The molecule has 1 saturated heterocycles. The highest BCUT2D eigenvalue weighted by Gasteiger charge is 2.23. The van der Waals surface area contributed by atoms with Crippen LogP contribution < -0.4 is 5.32 Å². The van der Waals surface area contributed by atoms with E-state index in [4.69, 9.17) is 4.99 Å². The van der Waals surface area contributed by atoms with Crippen molar-refractivity contribution in [2.45, 2.75) is 40.2 Å². The first-order chi connectivity index (χ1) is 12.1. The summed E-state index contributed by atoms with van der Waals surface area (Å²) < 4.78 is 2.22. The van der Waals surface area contributed by atoms with Gasteiger partial charge in [-0.05, 0) is 26.2 Å². The van der Waals surface area contributed by atoms with Crippen LogP contribution in [0.4, 0.5) is 0 Å². The third-order valence-electron chi connectivity index (χ3n) is 5.09. The molecule has 2 aliphatic heterocycles. The lowest BCUT2D eigenvalue weighted by Crippen LogP contribution is -2.53. The van der Waals surface area contributed by atoms with Gasteiger partial charge in [-0.3, -0.25) is 9.79 Å². The summed E-state index contributed by atoms with van der Waals surface area (Å²) in [6.07, 6.45) is 2.09. The Morgan fingerprint density at radius 3 is 2.64 bits per heavy atom. The van der Waals surface area contributed by atoms with E-state index in [9.17, 15) is 4.79 Å². The molecule has 3 heterocycles. The zero-order valence-corrected chi connectivity index (χ0v) is 15.5. The normalized spacial score (nSPS) is 21.2. The van der Waals surface area contributed by atoms with Crippen molar-refractivity contribution in [2.75, 3.05) is 39.3 Å². The molecule has 0 saturated carbocycles. The van der Waals surface area contributed by atoms with Crippen molar-refractivity contribution in [1.82, 2.24) is 29.9 Å². The number of fused-ring (bicyclic) bond motifs is 1. The van der Waals surface area contributed by atoms with E-state index in [1.807, 2.05) is 11.8 Å². The van der Waals surface area contributed by atoms with Crippen LogP contribution in [0, 0.1) is 12.8 Å². The van der Waals surface area contributed by atoms with Crippen molar-refractivity contribution in [3.8, 4) is 0 Å². The Bertz CT molecular complexity index is 631. The first kappa shape index (κ1) is 17.7. The first-order valence-electron chi connectivity index (χ1n) is 9.26. The molecule has 0 aromatic carbocycles. The van der Waals surface area contributed by atoms with Crippen molar-refractivity contribution in [3.05, 3.63) is 11.6 Å². The Morgan fingerprint density at radius 2 is 1.96 bits per heavy atom. The van der Waals surface area contributed by atoms with E-state index in [0.717, 1.165) is 76.3 Å². The van der Waals surface area contributed by atoms with Gasteiger partial charge in [0, 0.05) is 59.2 Å². The van der Waals surface area contributed by atoms with E-state index >= 15 is 0 Å². The summed E-state index contributed by atoms with van der Waals surface area (Å²) in [6.45, 7) is 11.6. The Morgan fingerprint density at radius 1 is 1.24 bits per heavy atom. The van der Waals surface area contributed by atoms with E-state index in [1.165, 1.54) is 0 Å². The molecule has 0 spiro atoms. The number of hydrogen-bond acceptors (Lipinski definition) is 4. The van der Waals surface area contributed by atoms with Gasteiger partial charge in [0.15, 0.2) is 5.96 Å². The summed E-state index contributed by atoms with van der Waals surface area (Å²) in [6, 6.07) is 0. The van der Waals surface area contributed by atoms with Crippen LogP contribution in [0.25, 0.3) is 0 Å². The molecule has 0 aliphatic carbocycles. The number of guanidine groups is 1. The smallest absolute Gasteiger partial charge is 0.219 e. The number of aromatic nitrogens is 3. The van der Waals surface area contributed by atoms with Gasteiger partial charge >= 0.3 is 0 Å². The molecule has 8 nitrogen and oxygen atoms in total. The van der Waals surface area contributed by atoms with E-state index < -0.39 is 0 Å². The quantitative estimate of drug-likeness (QED) is 0.628. The highest BCUT2D eigenvalue weighted by Crippen LogP contribution is 2.20. The number of nitrogens with zero attached hydrogens (tertiary/aromatic N) is 6. The molecule has 3 rings (SSSR count). The molecular weight excluding hydrogens is 318 g/mol. The van der Waals surface area contributed by atoms with Gasteiger partial charge in [0.2, 0.25) is 5.91 Å². The molecule has 138 valence electrons. The number of carbonyl (C=O) groups excluding carboxylic acids is 1. The topological polar surface area (TPSA) is 78.7 Å². The van der Waals surface area contributed by atoms with Gasteiger partial charge in [-0.15, -0.1) is 10.2 Å². The number of carbonyl (C=O) groups is 1. The predicted molar refractivity (Wildman–Crippen MR) is 96.4 cm³/mol. The van der Waals surface area contributed by atoms with Gasteiger partial charge in [0.25, 0.3) is 0 Å². The molecule has 1 fully saturated rings. The minimum atomic E-state index is 0.156. The van der Waals surface area contributed by atoms with E-state index in [1.54, 1.807) is 6.92 Å². The number of rotatable bonds is 3. The van der Waals surface area contributed by atoms with Gasteiger partial charge in [0.1, 0.15) is 11.6 Å². The molecule has 0 bridgehead atoms. The number of aryl methyl sites for hydroxylation is 2. The maximum absolute atomic E-state index is 11.5. The van der Waals surface area contributed by atoms with Crippen LogP contribution in [0.1, 0.15) is 31.9 Å². The molecule has 1 N–H and O–H groups in total. The minimum Gasteiger partial charge on any atom is -0.357 e. The summed E-state index contributed by atoms with van der Waals surface area (Å²) >= 11 is 0. The molecule has 0 radical (unpaired) electrons. The van der Waals surface area contributed by atoms with E-state index in [0.29, 0.717) is 5.92 Å². The monoisotopic (exact) mass is 347 g/mol. The average molecular weight is 347 g/mol. The Hall–Kier alpha value is -2.12. The number of amides is 1. The van der Waals surface area contributed by atoms with E-state index in [2.05, 4.69) is 31.9 Å².